The van der Waals surface area contributed by atoms with Gasteiger partial charge in [0.25, 0.3) is 0 Å². The first-order valence-corrected chi connectivity index (χ1v) is 18.0. The van der Waals surface area contributed by atoms with Gasteiger partial charge in [0.05, 0.1) is 14.2 Å². The minimum Gasteiger partial charge on any atom is -0.497 e. The van der Waals surface area contributed by atoms with Crippen molar-refractivity contribution in [2.75, 3.05) is 66.6 Å². The normalized spacial score (nSPS) is 22.2. The van der Waals surface area contributed by atoms with Crippen molar-refractivity contribution in [1.29, 1.82) is 0 Å². The molecule has 0 amide bonds. The van der Waals surface area contributed by atoms with Crippen molar-refractivity contribution in [2.45, 2.75) is 76.3 Å². The SMILES string of the molecule is COc1ccc2c3c([nH]c2c1)[C@@H](CCN1CCCCC1)NCC3.COc1ccc2c3c([nH]c2c1)[C@H](CCN1CCCCC1)NCC3. The molecule has 2 fully saturated rings. The van der Waals surface area contributed by atoms with Crippen LogP contribution in [0.3, 0.4) is 0 Å². The molecule has 4 aliphatic heterocycles. The molecule has 2 aromatic heterocycles. The lowest BCUT2D eigenvalue weighted by molar-refractivity contribution is 0.215. The van der Waals surface area contributed by atoms with Crippen LogP contribution in [0.4, 0.5) is 0 Å². The Hall–Kier alpha value is -3.04. The molecule has 0 aliphatic carbocycles. The van der Waals surface area contributed by atoms with Gasteiger partial charge in [-0.25, -0.2) is 0 Å². The number of ether oxygens (including phenoxy) is 2. The highest BCUT2D eigenvalue weighted by Crippen LogP contribution is 2.35. The van der Waals surface area contributed by atoms with Crippen LogP contribution < -0.4 is 20.1 Å². The number of nitrogens with zero attached hydrogens (tertiary/aromatic N) is 2. The molecule has 2 atom stereocenters. The number of rotatable bonds is 8. The predicted molar refractivity (Wildman–Crippen MR) is 188 cm³/mol. The highest BCUT2D eigenvalue weighted by molar-refractivity contribution is 5.87. The van der Waals surface area contributed by atoms with Crippen LogP contribution in [0.5, 0.6) is 11.5 Å². The smallest absolute Gasteiger partial charge is 0.120 e. The van der Waals surface area contributed by atoms with E-state index in [4.69, 9.17) is 9.47 Å². The first-order chi connectivity index (χ1) is 22.7. The van der Waals surface area contributed by atoms with Crippen LogP contribution in [-0.2, 0) is 12.8 Å². The van der Waals surface area contributed by atoms with Crippen LogP contribution in [0.25, 0.3) is 21.8 Å². The molecule has 8 nitrogen and oxygen atoms in total. The maximum Gasteiger partial charge on any atom is 0.120 e. The lowest BCUT2D eigenvalue weighted by atomic mass is 9.97. The minimum atomic E-state index is 0.457. The molecule has 46 heavy (non-hydrogen) atoms. The van der Waals surface area contributed by atoms with E-state index in [1.54, 1.807) is 14.2 Å². The third-order valence-electron chi connectivity index (χ3n) is 10.9. The summed E-state index contributed by atoms with van der Waals surface area (Å²) in [6.07, 6.45) is 12.9. The highest BCUT2D eigenvalue weighted by Gasteiger charge is 2.26. The molecule has 6 heterocycles. The van der Waals surface area contributed by atoms with E-state index in [0.717, 1.165) is 37.4 Å². The number of benzene rings is 2. The van der Waals surface area contributed by atoms with Gasteiger partial charge in [0.15, 0.2) is 0 Å². The van der Waals surface area contributed by atoms with Crippen molar-refractivity contribution in [1.82, 2.24) is 30.4 Å². The second-order valence-corrected chi connectivity index (χ2v) is 13.8. The summed E-state index contributed by atoms with van der Waals surface area (Å²) < 4.78 is 10.7. The third kappa shape index (κ3) is 6.96. The first-order valence-electron chi connectivity index (χ1n) is 18.0. The van der Waals surface area contributed by atoms with E-state index in [-0.39, 0.29) is 0 Å². The Bertz CT molecular complexity index is 1460. The summed E-state index contributed by atoms with van der Waals surface area (Å²) >= 11 is 0. The molecule has 8 rings (SSSR count). The Labute approximate surface area is 274 Å². The van der Waals surface area contributed by atoms with Crippen molar-refractivity contribution >= 4 is 21.8 Å². The number of aromatic amines is 2. The Morgan fingerprint density at radius 2 is 1.04 bits per heavy atom. The zero-order valence-electron chi connectivity index (χ0n) is 28.1. The van der Waals surface area contributed by atoms with Crippen LogP contribution in [0.2, 0.25) is 0 Å². The average Bonchev–Trinajstić information content (AvgIpc) is 3.69. The standard InChI is InChI=1S/2C19H27N3O/c2*1-23-14-5-6-15-16-7-9-20-17(19(16)21-18(15)13-14)8-12-22-10-3-2-4-11-22/h2*5-6,13,17,20-21H,2-4,7-12H2,1H3/t2*17-/m10/s1. The van der Waals surface area contributed by atoms with E-state index in [2.05, 4.69) is 66.8 Å². The zero-order valence-corrected chi connectivity index (χ0v) is 28.1. The van der Waals surface area contributed by atoms with Crippen molar-refractivity contribution in [3.8, 4) is 11.5 Å². The van der Waals surface area contributed by atoms with Gasteiger partial charge >= 0.3 is 0 Å². The molecule has 0 bridgehead atoms. The Balaban J connectivity index is 0.000000147. The lowest BCUT2D eigenvalue weighted by Gasteiger charge is -2.30. The van der Waals surface area contributed by atoms with E-state index in [0.29, 0.717) is 12.1 Å². The fourth-order valence-electron chi connectivity index (χ4n) is 8.33. The number of piperidine rings is 2. The summed E-state index contributed by atoms with van der Waals surface area (Å²) in [5, 5.41) is 10.2. The summed E-state index contributed by atoms with van der Waals surface area (Å²) in [4.78, 5) is 12.6. The van der Waals surface area contributed by atoms with Gasteiger partial charge < -0.3 is 39.9 Å². The van der Waals surface area contributed by atoms with Gasteiger partial charge in [0, 0.05) is 57.4 Å². The van der Waals surface area contributed by atoms with Gasteiger partial charge in [-0.05, 0) is 139 Å². The fourth-order valence-corrected chi connectivity index (χ4v) is 8.33. The Morgan fingerprint density at radius 1 is 0.609 bits per heavy atom. The van der Waals surface area contributed by atoms with Crippen LogP contribution in [0.15, 0.2) is 36.4 Å². The quantitative estimate of drug-likeness (QED) is 0.179. The molecule has 2 aromatic carbocycles. The number of methoxy groups -OCH3 is 2. The largest absolute Gasteiger partial charge is 0.497 e. The molecule has 2 saturated heterocycles. The number of likely N-dealkylation sites (tertiary alicyclic amines) is 2. The second-order valence-electron chi connectivity index (χ2n) is 13.8. The number of hydrogen-bond donors (Lipinski definition) is 4. The summed E-state index contributed by atoms with van der Waals surface area (Å²) in [6, 6.07) is 13.7. The maximum absolute atomic E-state index is 5.37. The minimum absolute atomic E-state index is 0.457. The predicted octanol–water partition coefficient (Wildman–Crippen LogP) is 6.48. The molecule has 4 aromatic rings. The average molecular weight is 627 g/mol. The molecule has 4 N–H and O–H groups in total. The summed E-state index contributed by atoms with van der Waals surface area (Å²) in [7, 11) is 3.46. The highest BCUT2D eigenvalue weighted by atomic mass is 16.5. The molecule has 0 saturated carbocycles. The van der Waals surface area contributed by atoms with Crippen molar-refractivity contribution in [2.24, 2.45) is 0 Å². The summed E-state index contributed by atoms with van der Waals surface area (Å²) in [5.41, 5.74) is 8.23. The molecule has 0 unspecified atom stereocenters. The van der Waals surface area contributed by atoms with Gasteiger partial charge in [0.2, 0.25) is 0 Å². The van der Waals surface area contributed by atoms with Crippen molar-refractivity contribution in [3.63, 3.8) is 0 Å². The number of fused-ring (bicyclic) bond motifs is 6. The van der Waals surface area contributed by atoms with E-state index in [1.165, 1.54) is 135 Å². The van der Waals surface area contributed by atoms with E-state index >= 15 is 0 Å². The number of hydrogen-bond acceptors (Lipinski definition) is 6. The summed E-state index contributed by atoms with van der Waals surface area (Å²) in [5.74, 6) is 1.85. The zero-order chi connectivity index (χ0) is 31.3. The van der Waals surface area contributed by atoms with E-state index < -0.39 is 0 Å². The molecule has 4 aliphatic rings. The molecule has 248 valence electrons. The van der Waals surface area contributed by atoms with Gasteiger partial charge in [-0.1, -0.05) is 12.8 Å². The monoisotopic (exact) mass is 626 g/mol. The third-order valence-corrected chi connectivity index (χ3v) is 10.9. The van der Waals surface area contributed by atoms with Crippen LogP contribution >= 0.6 is 0 Å². The van der Waals surface area contributed by atoms with Crippen LogP contribution in [0, 0.1) is 0 Å². The second kappa shape index (κ2) is 14.8. The number of H-pyrrole nitrogens is 2. The number of aromatic nitrogens is 2. The Morgan fingerprint density at radius 3 is 1.46 bits per heavy atom. The lowest BCUT2D eigenvalue weighted by Crippen LogP contribution is -2.35. The van der Waals surface area contributed by atoms with Gasteiger partial charge in [-0.15, -0.1) is 0 Å². The van der Waals surface area contributed by atoms with Gasteiger partial charge in [-0.2, -0.15) is 0 Å². The van der Waals surface area contributed by atoms with Gasteiger partial charge in [-0.3, -0.25) is 0 Å². The molecule has 8 heteroatoms. The van der Waals surface area contributed by atoms with Crippen LogP contribution in [0.1, 0.15) is 86.0 Å². The number of nitrogens with one attached hydrogen (secondary N) is 4. The molecule has 0 radical (unpaired) electrons. The maximum atomic E-state index is 5.37. The van der Waals surface area contributed by atoms with E-state index in [9.17, 15) is 0 Å². The first kappa shape index (κ1) is 31.6. The van der Waals surface area contributed by atoms with Gasteiger partial charge in [0.1, 0.15) is 11.5 Å². The molecular weight excluding hydrogens is 572 g/mol. The molecular formula is C38H54N6O2. The van der Waals surface area contributed by atoms with Crippen LogP contribution in [-0.4, -0.2) is 86.3 Å². The van der Waals surface area contributed by atoms with Crippen molar-refractivity contribution in [3.05, 3.63) is 58.9 Å². The Kier molecular flexibility index (Phi) is 10.2. The van der Waals surface area contributed by atoms with E-state index in [1.807, 2.05) is 0 Å². The molecule has 0 spiro atoms. The topological polar surface area (TPSA) is 80.6 Å². The fraction of sp³-hybridized carbons (Fsp3) is 0.579. The summed E-state index contributed by atoms with van der Waals surface area (Å²) in [6.45, 7) is 9.69. The van der Waals surface area contributed by atoms with Crippen molar-refractivity contribution < 1.29 is 9.47 Å².